The molecule has 1 atom stereocenters. The van der Waals surface area contributed by atoms with E-state index in [0.29, 0.717) is 12.4 Å². The first-order chi connectivity index (χ1) is 8.10. The Morgan fingerprint density at radius 2 is 2.29 bits per heavy atom. The molecule has 1 aromatic heterocycles. The van der Waals surface area contributed by atoms with Crippen molar-refractivity contribution >= 4 is 11.8 Å². The van der Waals surface area contributed by atoms with Gasteiger partial charge in [0.2, 0.25) is 0 Å². The molecule has 17 heavy (non-hydrogen) atoms. The molecule has 0 aliphatic rings. The molecule has 0 bridgehead atoms. The van der Waals surface area contributed by atoms with Gasteiger partial charge in [0.1, 0.15) is 5.82 Å². The fourth-order valence-electron chi connectivity index (χ4n) is 1.73. The van der Waals surface area contributed by atoms with Crippen LogP contribution in [0.4, 0.5) is 5.82 Å². The van der Waals surface area contributed by atoms with E-state index in [9.17, 15) is 4.79 Å². The fourth-order valence-corrected chi connectivity index (χ4v) is 1.73. The van der Waals surface area contributed by atoms with Crippen LogP contribution in [0.25, 0.3) is 0 Å². The number of pyridine rings is 1. The number of aromatic nitrogens is 1. The van der Waals surface area contributed by atoms with Crippen LogP contribution in [0, 0.1) is 0 Å². The summed E-state index contributed by atoms with van der Waals surface area (Å²) in [5.41, 5.74) is 0.0607. The van der Waals surface area contributed by atoms with Gasteiger partial charge >= 0.3 is 5.97 Å². The highest BCUT2D eigenvalue weighted by molar-refractivity contribution is 5.85. The molecule has 94 valence electrons. The van der Waals surface area contributed by atoms with Gasteiger partial charge in [0, 0.05) is 13.7 Å². The first-order valence-corrected chi connectivity index (χ1v) is 5.56. The quantitative estimate of drug-likeness (QED) is 0.816. The summed E-state index contributed by atoms with van der Waals surface area (Å²) in [6, 6.07) is 5.15. The molecule has 0 spiro atoms. The van der Waals surface area contributed by atoms with Gasteiger partial charge in [-0.15, -0.1) is 0 Å². The van der Waals surface area contributed by atoms with E-state index in [1.54, 1.807) is 13.2 Å². The van der Waals surface area contributed by atoms with Gasteiger partial charge in [-0.05, 0) is 26.0 Å². The van der Waals surface area contributed by atoms with Gasteiger partial charge in [0.15, 0.2) is 5.69 Å². The Morgan fingerprint density at radius 1 is 1.59 bits per heavy atom. The van der Waals surface area contributed by atoms with Crippen LogP contribution >= 0.6 is 0 Å². The van der Waals surface area contributed by atoms with Crippen LogP contribution in [-0.4, -0.2) is 42.4 Å². The van der Waals surface area contributed by atoms with Crippen LogP contribution in [0.15, 0.2) is 18.2 Å². The first kappa shape index (κ1) is 13.4. The average molecular weight is 238 g/mol. The van der Waals surface area contributed by atoms with E-state index in [2.05, 4.69) is 4.98 Å². The van der Waals surface area contributed by atoms with Crippen molar-refractivity contribution in [1.29, 1.82) is 0 Å². The summed E-state index contributed by atoms with van der Waals surface area (Å²) in [7, 11) is 1.64. The monoisotopic (exact) mass is 238 g/mol. The Hall–Kier alpha value is -1.62. The lowest BCUT2D eigenvalue weighted by molar-refractivity contribution is 0.0690. The Bertz CT molecular complexity index is 382. The second-order valence-corrected chi connectivity index (χ2v) is 3.78. The molecule has 0 aliphatic carbocycles. The Kier molecular flexibility index (Phi) is 4.90. The number of nitrogens with zero attached hydrogens (tertiary/aromatic N) is 2. The van der Waals surface area contributed by atoms with Crippen LogP contribution in [-0.2, 0) is 4.74 Å². The number of ether oxygens (including phenoxy) is 1. The number of carboxylic acids is 1. The second-order valence-electron chi connectivity index (χ2n) is 3.78. The number of carboxylic acid groups (broad SMARTS) is 1. The number of hydrogen-bond donors (Lipinski definition) is 1. The van der Waals surface area contributed by atoms with E-state index in [-0.39, 0.29) is 11.7 Å². The molecule has 5 heteroatoms. The number of anilines is 1. The maximum atomic E-state index is 10.9. The van der Waals surface area contributed by atoms with Crippen molar-refractivity contribution in [3.63, 3.8) is 0 Å². The lowest BCUT2D eigenvalue weighted by Crippen LogP contribution is -2.36. The fraction of sp³-hybridized carbons (Fsp3) is 0.500. The van der Waals surface area contributed by atoms with Crippen molar-refractivity contribution in [2.45, 2.75) is 19.9 Å². The van der Waals surface area contributed by atoms with E-state index in [1.165, 1.54) is 6.07 Å². The number of likely N-dealkylation sites (N-methyl/N-ethyl adjacent to an activating group) is 1. The number of methoxy groups -OCH3 is 1. The summed E-state index contributed by atoms with van der Waals surface area (Å²) in [5.74, 6) is -0.348. The molecule has 1 N–H and O–H groups in total. The summed E-state index contributed by atoms with van der Waals surface area (Å²) >= 11 is 0. The zero-order valence-electron chi connectivity index (χ0n) is 10.4. The molecule has 0 aliphatic heterocycles. The Morgan fingerprint density at radius 3 is 2.82 bits per heavy atom. The lowest BCUT2D eigenvalue weighted by atomic mass is 10.2. The summed E-state index contributed by atoms with van der Waals surface area (Å²) in [4.78, 5) is 17.0. The zero-order chi connectivity index (χ0) is 12.8. The zero-order valence-corrected chi connectivity index (χ0v) is 10.4. The van der Waals surface area contributed by atoms with Gasteiger partial charge in [-0.3, -0.25) is 0 Å². The third-order valence-corrected chi connectivity index (χ3v) is 2.53. The second kappa shape index (κ2) is 6.20. The van der Waals surface area contributed by atoms with Crippen molar-refractivity contribution in [2.24, 2.45) is 0 Å². The highest BCUT2D eigenvalue weighted by Crippen LogP contribution is 2.14. The smallest absolute Gasteiger partial charge is 0.354 e. The summed E-state index contributed by atoms with van der Waals surface area (Å²) < 4.78 is 5.10. The van der Waals surface area contributed by atoms with E-state index in [1.807, 2.05) is 24.8 Å². The maximum Gasteiger partial charge on any atom is 0.354 e. The van der Waals surface area contributed by atoms with Crippen LogP contribution < -0.4 is 4.90 Å². The van der Waals surface area contributed by atoms with E-state index in [4.69, 9.17) is 9.84 Å². The van der Waals surface area contributed by atoms with Crippen molar-refractivity contribution in [3.05, 3.63) is 23.9 Å². The van der Waals surface area contributed by atoms with Gasteiger partial charge in [-0.2, -0.15) is 0 Å². The SMILES string of the molecule is CCN(c1cccc(C(=O)O)n1)C(C)COC. The number of aromatic carboxylic acids is 1. The minimum absolute atomic E-state index is 0.0607. The summed E-state index contributed by atoms with van der Waals surface area (Å²) in [5, 5.41) is 8.90. The molecular formula is C12H18N2O3. The number of rotatable bonds is 6. The molecule has 0 saturated heterocycles. The third-order valence-electron chi connectivity index (χ3n) is 2.53. The largest absolute Gasteiger partial charge is 0.477 e. The first-order valence-electron chi connectivity index (χ1n) is 5.56. The summed E-state index contributed by atoms with van der Waals surface area (Å²) in [6.45, 7) is 5.34. The molecule has 0 aromatic carbocycles. The molecule has 1 rings (SSSR count). The van der Waals surface area contributed by atoms with Crippen LogP contribution in [0.3, 0.4) is 0 Å². The van der Waals surface area contributed by atoms with Crippen molar-refractivity contribution in [2.75, 3.05) is 25.2 Å². The van der Waals surface area contributed by atoms with Crippen molar-refractivity contribution < 1.29 is 14.6 Å². The highest BCUT2D eigenvalue weighted by atomic mass is 16.5. The van der Waals surface area contributed by atoms with Crippen LogP contribution in [0.5, 0.6) is 0 Å². The Labute approximate surface area is 101 Å². The van der Waals surface area contributed by atoms with E-state index >= 15 is 0 Å². The normalized spacial score (nSPS) is 12.2. The summed E-state index contributed by atoms with van der Waals surface area (Å²) in [6.07, 6.45) is 0. The van der Waals surface area contributed by atoms with Gasteiger partial charge < -0.3 is 14.7 Å². The minimum Gasteiger partial charge on any atom is -0.477 e. The Balaban J connectivity index is 2.95. The minimum atomic E-state index is -1.01. The predicted molar refractivity (Wildman–Crippen MR) is 65.6 cm³/mol. The van der Waals surface area contributed by atoms with E-state index < -0.39 is 5.97 Å². The van der Waals surface area contributed by atoms with Crippen LogP contribution in [0.1, 0.15) is 24.3 Å². The third kappa shape index (κ3) is 3.42. The van der Waals surface area contributed by atoms with Crippen molar-refractivity contribution in [1.82, 2.24) is 4.98 Å². The highest BCUT2D eigenvalue weighted by Gasteiger charge is 2.15. The molecule has 0 fully saturated rings. The topological polar surface area (TPSA) is 62.7 Å². The molecule has 1 aromatic rings. The lowest BCUT2D eigenvalue weighted by Gasteiger charge is -2.28. The standard InChI is InChI=1S/C12H18N2O3/c1-4-14(9(2)8-17-3)11-7-5-6-10(13-11)12(15)16/h5-7,9H,4,8H2,1-3H3,(H,15,16). The maximum absolute atomic E-state index is 10.9. The van der Waals surface area contributed by atoms with Gasteiger partial charge in [0.05, 0.1) is 12.6 Å². The molecular weight excluding hydrogens is 220 g/mol. The molecule has 1 unspecified atom stereocenters. The van der Waals surface area contributed by atoms with Crippen molar-refractivity contribution in [3.8, 4) is 0 Å². The average Bonchev–Trinajstić information content (AvgIpc) is 2.30. The van der Waals surface area contributed by atoms with Gasteiger partial charge in [-0.1, -0.05) is 6.07 Å². The number of carbonyl (C=O) groups is 1. The molecule has 1 heterocycles. The molecule has 0 saturated carbocycles. The molecule has 0 radical (unpaired) electrons. The predicted octanol–water partition coefficient (Wildman–Crippen LogP) is 1.64. The van der Waals surface area contributed by atoms with Gasteiger partial charge in [0.25, 0.3) is 0 Å². The molecule has 0 amide bonds. The van der Waals surface area contributed by atoms with Gasteiger partial charge in [-0.25, -0.2) is 9.78 Å². The number of hydrogen-bond acceptors (Lipinski definition) is 4. The van der Waals surface area contributed by atoms with Crippen LogP contribution in [0.2, 0.25) is 0 Å². The van der Waals surface area contributed by atoms with E-state index in [0.717, 1.165) is 6.54 Å². The molecule has 5 nitrogen and oxygen atoms in total.